The zero-order valence-corrected chi connectivity index (χ0v) is 27.8. The van der Waals surface area contributed by atoms with Crippen molar-refractivity contribution >= 4 is 33.1 Å². The van der Waals surface area contributed by atoms with Gasteiger partial charge in [0.25, 0.3) is 0 Å². The van der Waals surface area contributed by atoms with Crippen LogP contribution < -0.4 is 0 Å². The predicted molar refractivity (Wildman–Crippen MR) is 199 cm³/mol. The van der Waals surface area contributed by atoms with Gasteiger partial charge in [-0.3, -0.25) is 0 Å². The van der Waals surface area contributed by atoms with E-state index in [0.29, 0.717) is 5.92 Å². The molecule has 5 aliphatic rings. The van der Waals surface area contributed by atoms with E-state index >= 15 is 0 Å². The minimum absolute atomic E-state index is 0.0383. The van der Waals surface area contributed by atoms with Crippen molar-refractivity contribution in [3.05, 3.63) is 166 Å². The molecule has 0 amide bonds. The van der Waals surface area contributed by atoms with Gasteiger partial charge in [-0.25, -0.2) is 0 Å². The van der Waals surface area contributed by atoms with E-state index in [4.69, 9.17) is 0 Å². The monoisotopic (exact) mass is 620 g/mol. The molecule has 4 aromatic carbocycles. The van der Waals surface area contributed by atoms with Crippen LogP contribution in [0.1, 0.15) is 71.7 Å². The number of allylic oxidation sites excluding steroid dienone is 9. The van der Waals surface area contributed by atoms with E-state index in [0.717, 1.165) is 19.3 Å². The summed E-state index contributed by atoms with van der Waals surface area (Å²) in [6, 6.07) is 34.6. The zero-order chi connectivity index (χ0) is 31.4. The lowest BCUT2D eigenvalue weighted by molar-refractivity contribution is 0.361. The van der Waals surface area contributed by atoms with Gasteiger partial charge in [0.15, 0.2) is 0 Å². The fraction of sp³-hybridized carbons (Fsp3) is 0.217. The average molecular weight is 621 g/mol. The number of aryl methyl sites for hydroxylation is 1. The van der Waals surface area contributed by atoms with Crippen LogP contribution in [-0.2, 0) is 17.3 Å². The Morgan fingerprint density at radius 1 is 0.851 bits per heavy atom. The molecule has 5 aromatic rings. The highest BCUT2D eigenvalue weighted by molar-refractivity contribution is 7.20. The summed E-state index contributed by atoms with van der Waals surface area (Å²) in [5, 5.41) is 1.43. The van der Waals surface area contributed by atoms with Gasteiger partial charge in [0, 0.05) is 37.3 Å². The second-order valence-corrected chi connectivity index (χ2v) is 15.8. The van der Waals surface area contributed by atoms with Crippen molar-refractivity contribution < 1.29 is 0 Å². The normalized spacial score (nSPS) is 25.5. The average Bonchev–Trinajstić information content (AvgIpc) is 3.65. The van der Waals surface area contributed by atoms with Crippen LogP contribution in [0.15, 0.2) is 121 Å². The van der Waals surface area contributed by atoms with Crippen molar-refractivity contribution in [3.8, 4) is 22.3 Å². The number of rotatable bonds is 4. The Hall–Kier alpha value is -4.64. The molecular weight excluding hydrogens is 585 g/mol. The summed E-state index contributed by atoms with van der Waals surface area (Å²) in [5.74, 6) is 0.390. The quantitative estimate of drug-likeness (QED) is 0.187. The highest BCUT2D eigenvalue weighted by atomic mass is 32.1. The van der Waals surface area contributed by atoms with Gasteiger partial charge in [-0.05, 0) is 105 Å². The molecule has 226 valence electrons. The number of hydrogen-bond donors (Lipinski definition) is 0. The highest BCUT2D eigenvalue weighted by Crippen LogP contribution is 2.81. The van der Waals surface area contributed by atoms with Gasteiger partial charge in [0.2, 0.25) is 0 Å². The first-order valence-corrected chi connectivity index (χ1v) is 18.0. The molecule has 0 saturated heterocycles. The summed E-state index contributed by atoms with van der Waals surface area (Å²) in [4.78, 5) is 1.43. The molecular formula is C46H36S. The maximum absolute atomic E-state index is 3.49. The van der Waals surface area contributed by atoms with E-state index in [2.05, 4.69) is 147 Å². The SMILES string of the molecule is CC1(C)c2c#cccc2C23C=CC(c4ccc(-c5cc(-c6cccc7c8c(sc67)C=CCC8)cc(C6C=CC=CC6)c5)cc4)=CC12C3. The highest BCUT2D eigenvalue weighted by Gasteiger charge is 2.77. The van der Waals surface area contributed by atoms with Crippen molar-refractivity contribution in [2.75, 3.05) is 0 Å². The number of fused-ring (bicyclic) bond motifs is 4. The van der Waals surface area contributed by atoms with Crippen LogP contribution in [0.2, 0.25) is 0 Å². The first kappa shape index (κ1) is 27.5. The molecule has 1 aromatic heterocycles. The molecule has 47 heavy (non-hydrogen) atoms. The molecule has 5 aliphatic carbocycles. The molecule has 0 N–H and O–H groups in total. The second-order valence-electron chi connectivity index (χ2n) is 14.7. The molecule has 0 bridgehead atoms. The van der Waals surface area contributed by atoms with E-state index in [1.807, 2.05) is 17.4 Å². The Morgan fingerprint density at radius 2 is 1.72 bits per heavy atom. The maximum Gasteiger partial charge on any atom is 0.0430 e. The van der Waals surface area contributed by atoms with Crippen LogP contribution in [0.4, 0.5) is 0 Å². The third-order valence-electron chi connectivity index (χ3n) is 12.1. The summed E-state index contributed by atoms with van der Waals surface area (Å²) in [6.07, 6.45) is 25.7. The van der Waals surface area contributed by atoms with Crippen molar-refractivity contribution in [2.24, 2.45) is 5.41 Å². The van der Waals surface area contributed by atoms with Gasteiger partial charge in [-0.1, -0.05) is 129 Å². The number of benzene rings is 3. The summed E-state index contributed by atoms with van der Waals surface area (Å²) in [5.41, 5.74) is 13.9. The third kappa shape index (κ3) is 3.77. The minimum Gasteiger partial charge on any atom is -0.135 e. The Morgan fingerprint density at radius 3 is 2.60 bits per heavy atom. The smallest absolute Gasteiger partial charge is 0.0430 e. The maximum atomic E-state index is 3.49. The van der Waals surface area contributed by atoms with E-state index in [1.165, 1.54) is 77.0 Å². The van der Waals surface area contributed by atoms with E-state index in [9.17, 15) is 0 Å². The van der Waals surface area contributed by atoms with Crippen LogP contribution in [0, 0.1) is 17.5 Å². The second kappa shape index (κ2) is 9.70. The molecule has 0 spiro atoms. The topological polar surface area (TPSA) is 0 Å². The van der Waals surface area contributed by atoms with E-state index < -0.39 is 0 Å². The fourth-order valence-electron chi connectivity index (χ4n) is 9.47. The van der Waals surface area contributed by atoms with Crippen LogP contribution in [0.5, 0.6) is 0 Å². The van der Waals surface area contributed by atoms with Gasteiger partial charge in [0.05, 0.1) is 0 Å². The third-order valence-corrected chi connectivity index (χ3v) is 13.4. The van der Waals surface area contributed by atoms with Gasteiger partial charge in [-0.2, -0.15) is 0 Å². The first-order chi connectivity index (χ1) is 23.0. The van der Waals surface area contributed by atoms with Gasteiger partial charge >= 0.3 is 0 Å². The Labute approximate surface area is 282 Å². The largest absolute Gasteiger partial charge is 0.135 e. The van der Waals surface area contributed by atoms with Crippen LogP contribution in [0.3, 0.4) is 0 Å². The van der Waals surface area contributed by atoms with Crippen LogP contribution in [0.25, 0.3) is 44.0 Å². The van der Waals surface area contributed by atoms with Gasteiger partial charge < -0.3 is 0 Å². The molecule has 0 aliphatic heterocycles. The van der Waals surface area contributed by atoms with Gasteiger partial charge in [-0.15, -0.1) is 11.3 Å². The Balaban J connectivity index is 1.05. The molecule has 0 radical (unpaired) electrons. The molecule has 1 heteroatoms. The van der Waals surface area contributed by atoms with Crippen LogP contribution >= 0.6 is 11.3 Å². The molecule has 0 nitrogen and oxygen atoms in total. The molecule has 3 atom stereocenters. The van der Waals surface area contributed by atoms with E-state index in [-0.39, 0.29) is 16.2 Å². The summed E-state index contributed by atoms with van der Waals surface area (Å²) in [7, 11) is 0. The molecule has 1 saturated carbocycles. The minimum atomic E-state index is 0.0383. The van der Waals surface area contributed by atoms with Crippen molar-refractivity contribution in [1.82, 2.24) is 0 Å². The van der Waals surface area contributed by atoms with Crippen molar-refractivity contribution in [3.63, 3.8) is 0 Å². The predicted octanol–water partition coefficient (Wildman–Crippen LogP) is 12.0. The first-order valence-electron chi connectivity index (χ1n) is 17.1. The summed E-state index contributed by atoms with van der Waals surface area (Å²) in [6.45, 7) is 4.82. The van der Waals surface area contributed by atoms with Crippen molar-refractivity contribution in [1.29, 1.82) is 0 Å². The number of hydrogen-bond acceptors (Lipinski definition) is 1. The molecule has 1 fully saturated rings. The van der Waals surface area contributed by atoms with Crippen molar-refractivity contribution in [2.45, 2.75) is 56.3 Å². The zero-order valence-electron chi connectivity index (χ0n) is 26.9. The fourth-order valence-corrected chi connectivity index (χ4v) is 10.8. The standard InChI is InChI=1S/C46H36S/c1-44(2)40-16-7-8-17-41(40)45-24-23-33(28-46(44,45)29-45)31-19-21-32(22-20-31)35-25-34(30-11-4-3-5-12-30)26-36(27-35)37-14-10-15-39-38-13-6-9-18-42(38)47-43(37)39/h3-5,8-11,14-15,17-28,30H,6,12-13,29H2,1-2H3. The summed E-state index contributed by atoms with van der Waals surface area (Å²) >= 11 is 1.96. The lowest BCUT2D eigenvalue weighted by atomic mass is 9.71. The molecule has 10 rings (SSSR count). The molecule has 3 unspecified atom stereocenters. The Kier molecular flexibility index (Phi) is 5.67. The number of thiophene rings is 1. The lowest BCUT2D eigenvalue weighted by Gasteiger charge is -2.31. The van der Waals surface area contributed by atoms with E-state index in [1.54, 1.807) is 0 Å². The summed E-state index contributed by atoms with van der Waals surface area (Å²) < 4.78 is 1.42. The lowest BCUT2D eigenvalue weighted by Crippen LogP contribution is -2.29. The molecule has 1 heterocycles. The van der Waals surface area contributed by atoms with Crippen LogP contribution in [-0.4, -0.2) is 0 Å². The van der Waals surface area contributed by atoms with Gasteiger partial charge in [0.1, 0.15) is 0 Å². The Bertz CT molecular complexity index is 2280.